The summed E-state index contributed by atoms with van der Waals surface area (Å²) in [6.07, 6.45) is 0. The van der Waals surface area contributed by atoms with Gasteiger partial charge in [-0.25, -0.2) is 22.3 Å². The van der Waals surface area contributed by atoms with E-state index in [1.807, 2.05) is 6.92 Å². The molecule has 6 nitrogen and oxygen atoms in total. The molecule has 0 fully saturated rings. The topological polar surface area (TPSA) is 83.6 Å². The quantitative estimate of drug-likeness (QED) is 0.752. The maximum Gasteiger partial charge on any atom is 0.269 e. The number of halogens is 1. The zero-order valence-electron chi connectivity index (χ0n) is 12.4. The second-order valence-electron chi connectivity index (χ2n) is 4.70. The first kappa shape index (κ1) is 18.1. The van der Waals surface area contributed by atoms with Gasteiger partial charge >= 0.3 is 0 Å². The van der Waals surface area contributed by atoms with Crippen LogP contribution < -0.4 is 5.43 Å². The number of aryl methyl sites for hydroxylation is 1. The lowest BCUT2D eigenvalue weighted by Crippen LogP contribution is -2.44. The number of sulfonamides is 2. The van der Waals surface area contributed by atoms with Gasteiger partial charge in [-0.15, -0.1) is 0 Å². The second-order valence-corrected chi connectivity index (χ2v) is 9.42. The molecule has 1 N–H and O–H groups in total. The van der Waals surface area contributed by atoms with Gasteiger partial charge < -0.3 is 0 Å². The molecule has 0 bridgehead atoms. The van der Waals surface area contributed by atoms with E-state index in [1.54, 1.807) is 12.1 Å². The van der Waals surface area contributed by atoms with E-state index in [2.05, 4.69) is 21.4 Å². The van der Waals surface area contributed by atoms with Crippen molar-refractivity contribution in [1.29, 1.82) is 0 Å². The Morgan fingerprint density at radius 2 is 1.22 bits per heavy atom. The minimum absolute atomic E-state index is 0.113. The van der Waals surface area contributed by atoms with Gasteiger partial charge in [-0.05, 0) is 47.1 Å². The second kappa shape index (κ2) is 6.70. The molecule has 9 heteroatoms. The van der Waals surface area contributed by atoms with E-state index < -0.39 is 20.0 Å². The van der Waals surface area contributed by atoms with Crippen LogP contribution in [0.25, 0.3) is 0 Å². The van der Waals surface area contributed by atoms with Gasteiger partial charge in [0.05, 0.1) is 9.79 Å². The molecule has 124 valence electrons. The van der Waals surface area contributed by atoms with E-state index in [1.165, 1.54) is 43.4 Å². The van der Waals surface area contributed by atoms with Crippen molar-refractivity contribution in [1.82, 2.24) is 9.25 Å². The van der Waals surface area contributed by atoms with Gasteiger partial charge in [0.1, 0.15) is 0 Å². The summed E-state index contributed by atoms with van der Waals surface area (Å²) in [5.41, 5.74) is 3.13. The summed E-state index contributed by atoms with van der Waals surface area (Å²) in [7, 11) is -7.29. The number of nitrogens with one attached hydrogen (secondary N) is 1. The molecule has 23 heavy (non-hydrogen) atoms. The normalized spacial score (nSPS) is 12.5. The van der Waals surface area contributed by atoms with E-state index in [0.29, 0.717) is 4.47 Å². The third-order valence-corrected chi connectivity index (χ3v) is 7.73. The zero-order chi connectivity index (χ0) is 17.3. The fourth-order valence-corrected chi connectivity index (χ4v) is 5.52. The molecule has 0 unspecified atom stereocenters. The molecule has 2 aromatic rings. The fraction of sp³-hybridized carbons (Fsp3) is 0.143. The highest BCUT2D eigenvalue weighted by Gasteiger charge is 2.35. The number of hydrogen-bond donors (Lipinski definition) is 1. The number of hydrazine groups is 1. The van der Waals surface area contributed by atoms with E-state index in [-0.39, 0.29) is 13.6 Å². The highest BCUT2D eigenvalue weighted by Crippen LogP contribution is 2.23. The van der Waals surface area contributed by atoms with Crippen LogP contribution in [-0.2, 0) is 20.0 Å². The standard InChI is InChI=1S/C14H15BrN2O4S2/c1-11-3-7-13(8-4-11)22(18,19)17(16-2)23(20,21)14-9-5-12(15)6-10-14/h3-10,16H,1-2H3. The summed E-state index contributed by atoms with van der Waals surface area (Å²) < 4.78 is 51.5. The summed E-state index contributed by atoms with van der Waals surface area (Å²) in [5.74, 6) is 0. The Labute approximate surface area is 144 Å². The number of nitrogens with zero attached hydrogens (tertiary/aromatic N) is 1. The molecule has 0 aliphatic carbocycles. The van der Waals surface area contributed by atoms with Crippen LogP contribution >= 0.6 is 15.9 Å². The van der Waals surface area contributed by atoms with Crippen molar-refractivity contribution in [3.63, 3.8) is 0 Å². The van der Waals surface area contributed by atoms with Crippen LogP contribution in [0.5, 0.6) is 0 Å². The van der Waals surface area contributed by atoms with Gasteiger partial charge in [-0.1, -0.05) is 33.6 Å². The van der Waals surface area contributed by atoms with Gasteiger partial charge in [0.25, 0.3) is 20.0 Å². The molecule has 2 rings (SSSR count). The third kappa shape index (κ3) is 3.64. The molecular weight excluding hydrogens is 404 g/mol. The summed E-state index contributed by atoms with van der Waals surface area (Å²) in [6, 6.07) is 11.7. The average Bonchev–Trinajstić information content (AvgIpc) is 2.48. The number of benzene rings is 2. The molecule has 0 saturated carbocycles. The van der Waals surface area contributed by atoms with Crippen LogP contribution in [-0.4, -0.2) is 27.7 Å². The highest BCUT2D eigenvalue weighted by atomic mass is 79.9. The minimum Gasteiger partial charge on any atom is -0.230 e. The Balaban J connectivity index is 2.53. The van der Waals surface area contributed by atoms with E-state index in [4.69, 9.17) is 0 Å². The number of hydrogen-bond acceptors (Lipinski definition) is 5. The summed E-state index contributed by atoms with van der Waals surface area (Å²) in [6.45, 7) is 1.81. The van der Waals surface area contributed by atoms with Crippen LogP contribution in [0.1, 0.15) is 5.56 Å². The van der Waals surface area contributed by atoms with Gasteiger partial charge in [0.2, 0.25) is 0 Å². The first-order chi connectivity index (χ1) is 10.7. The third-order valence-electron chi connectivity index (χ3n) is 3.05. The summed E-state index contributed by atoms with van der Waals surface area (Å²) in [4.78, 5) is -0.246. The Morgan fingerprint density at radius 3 is 1.61 bits per heavy atom. The Hall–Kier alpha value is -1.26. The van der Waals surface area contributed by atoms with Gasteiger partial charge in [0, 0.05) is 11.5 Å². The predicted octanol–water partition coefficient (Wildman–Crippen LogP) is 2.27. The molecule has 0 aliphatic heterocycles. The minimum atomic E-state index is -4.27. The average molecular weight is 419 g/mol. The largest absolute Gasteiger partial charge is 0.269 e. The lowest BCUT2D eigenvalue weighted by atomic mass is 10.2. The van der Waals surface area contributed by atoms with Crippen LogP contribution in [0.15, 0.2) is 62.8 Å². The molecular formula is C14H15BrN2O4S2. The van der Waals surface area contributed by atoms with E-state index >= 15 is 0 Å². The van der Waals surface area contributed by atoms with E-state index in [0.717, 1.165) is 5.56 Å². The first-order valence-corrected chi connectivity index (χ1v) is 10.2. The molecule has 0 radical (unpaired) electrons. The van der Waals surface area contributed by atoms with Crippen molar-refractivity contribution >= 4 is 36.0 Å². The molecule has 0 saturated heterocycles. The Bertz CT molecular complexity index is 817. The van der Waals surface area contributed by atoms with Crippen molar-refractivity contribution in [2.75, 3.05) is 7.05 Å². The van der Waals surface area contributed by atoms with Crippen molar-refractivity contribution in [2.45, 2.75) is 16.7 Å². The molecule has 0 heterocycles. The molecule has 0 aromatic heterocycles. The smallest absolute Gasteiger partial charge is 0.230 e. The lowest BCUT2D eigenvalue weighted by Gasteiger charge is -2.20. The van der Waals surface area contributed by atoms with Crippen LogP contribution in [0.2, 0.25) is 0 Å². The van der Waals surface area contributed by atoms with Gasteiger partial charge in [0.15, 0.2) is 0 Å². The first-order valence-electron chi connectivity index (χ1n) is 6.50. The highest BCUT2D eigenvalue weighted by molar-refractivity contribution is 9.10. The molecule has 0 amide bonds. The van der Waals surface area contributed by atoms with Gasteiger partial charge in [-0.2, -0.15) is 0 Å². The predicted molar refractivity (Wildman–Crippen MR) is 90.6 cm³/mol. The molecule has 0 aliphatic rings. The Kier molecular flexibility index (Phi) is 5.27. The van der Waals surface area contributed by atoms with E-state index in [9.17, 15) is 16.8 Å². The maximum atomic E-state index is 12.6. The lowest BCUT2D eigenvalue weighted by molar-refractivity contribution is 0.453. The summed E-state index contributed by atoms with van der Waals surface area (Å²) in [5, 5.41) is 0. The number of rotatable bonds is 5. The van der Waals surface area contributed by atoms with Crippen molar-refractivity contribution in [2.24, 2.45) is 0 Å². The fourth-order valence-electron chi connectivity index (χ4n) is 1.88. The van der Waals surface area contributed by atoms with Crippen molar-refractivity contribution < 1.29 is 16.8 Å². The monoisotopic (exact) mass is 418 g/mol. The van der Waals surface area contributed by atoms with Gasteiger partial charge in [-0.3, -0.25) is 0 Å². The summed E-state index contributed by atoms with van der Waals surface area (Å²) >= 11 is 3.21. The van der Waals surface area contributed by atoms with Crippen LogP contribution in [0.3, 0.4) is 0 Å². The SMILES string of the molecule is CNN(S(=O)(=O)c1ccc(C)cc1)S(=O)(=O)c1ccc(Br)cc1. The zero-order valence-corrected chi connectivity index (χ0v) is 15.6. The van der Waals surface area contributed by atoms with Crippen LogP contribution in [0.4, 0.5) is 0 Å². The Morgan fingerprint density at radius 1 is 0.826 bits per heavy atom. The molecule has 0 spiro atoms. The van der Waals surface area contributed by atoms with Crippen LogP contribution in [0, 0.1) is 6.92 Å². The molecule has 0 atom stereocenters. The van der Waals surface area contributed by atoms with Crippen molar-refractivity contribution in [3.05, 3.63) is 58.6 Å². The molecule has 2 aromatic carbocycles. The van der Waals surface area contributed by atoms with Crippen molar-refractivity contribution in [3.8, 4) is 0 Å². The maximum absolute atomic E-state index is 12.6.